The highest BCUT2D eigenvalue weighted by atomic mass is 32.2. The van der Waals surface area contributed by atoms with Crippen LogP contribution >= 0.6 is 0 Å². The van der Waals surface area contributed by atoms with E-state index in [-0.39, 0.29) is 35.4 Å². The first kappa shape index (κ1) is 20.1. The molecule has 1 aromatic carbocycles. The van der Waals surface area contributed by atoms with Crippen molar-refractivity contribution in [2.24, 2.45) is 5.14 Å². The van der Waals surface area contributed by atoms with Crippen molar-refractivity contribution in [3.63, 3.8) is 0 Å². The summed E-state index contributed by atoms with van der Waals surface area (Å²) < 4.78 is 63.0. The Morgan fingerprint density at radius 2 is 1.86 bits per heavy atom. The van der Waals surface area contributed by atoms with E-state index in [9.17, 15) is 31.7 Å². The fraction of sp³-hybridized carbons (Fsp3) is 0.400. The zero-order chi connectivity index (χ0) is 20.7. The van der Waals surface area contributed by atoms with Gasteiger partial charge in [0.25, 0.3) is 5.69 Å². The van der Waals surface area contributed by atoms with Crippen molar-refractivity contribution in [3.8, 4) is 0 Å². The molecule has 1 aliphatic heterocycles. The molecule has 152 valence electrons. The zero-order valence-corrected chi connectivity index (χ0v) is 15.2. The van der Waals surface area contributed by atoms with Gasteiger partial charge in [-0.15, -0.1) is 0 Å². The molecule has 1 aromatic heterocycles. The second-order valence-corrected chi connectivity index (χ2v) is 7.88. The van der Waals surface area contributed by atoms with Crippen LogP contribution in [0.2, 0.25) is 0 Å². The maximum atomic E-state index is 12.7. The first-order valence-corrected chi connectivity index (χ1v) is 9.70. The van der Waals surface area contributed by atoms with E-state index in [2.05, 4.69) is 5.10 Å². The molecule has 2 aromatic rings. The number of hydrogen-bond acceptors (Lipinski definition) is 6. The van der Waals surface area contributed by atoms with Crippen LogP contribution in [0.5, 0.6) is 0 Å². The number of halogens is 3. The van der Waals surface area contributed by atoms with Gasteiger partial charge >= 0.3 is 6.18 Å². The molecule has 0 unspecified atom stereocenters. The average Bonchev–Trinajstić information content (AvgIpc) is 3.11. The molecule has 1 aliphatic rings. The molecule has 1 saturated heterocycles. The highest BCUT2D eigenvalue weighted by molar-refractivity contribution is 7.89. The maximum absolute atomic E-state index is 12.7. The Labute approximate surface area is 157 Å². The maximum Gasteiger partial charge on any atom is 0.435 e. The van der Waals surface area contributed by atoms with E-state index in [1.165, 1.54) is 10.9 Å². The summed E-state index contributed by atoms with van der Waals surface area (Å²) in [4.78, 5) is 11.8. The number of anilines is 1. The van der Waals surface area contributed by atoms with Crippen LogP contribution in [-0.2, 0) is 16.2 Å². The van der Waals surface area contributed by atoms with Gasteiger partial charge in [0, 0.05) is 31.4 Å². The smallest absolute Gasteiger partial charge is 0.370 e. The lowest BCUT2D eigenvalue weighted by molar-refractivity contribution is -0.384. The number of rotatable bonds is 4. The van der Waals surface area contributed by atoms with Gasteiger partial charge in [-0.1, -0.05) is 0 Å². The Balaban J connectivity index is 1.82. The second-order valence-electron chi connectivity index (χ2n) is 6.35. The van der Waals surface area contributed by atoms with Crippen LogP contribution in [0.4, 0.5) is 24.5 Å². The number of sulfonamides is 1. The van der Waals surface area contributed by atoms with Gasteiger partial charge in [-0.05, 0) is 25.0 Å². The van der Waals surface area contributed by atoms with Crippen molar-refractivity contribution in [1.82, 2.24) is 9.78 Å². The van der Waals surface area contributed by atoms with Gasteiger partial charge in [0.1, 0.15) is 4.90 Å². The third kappa shape index (κ3) is 4.09. The lowest BCUT2D eigenvalue weighted by Crippen LogP contribution is -2.36. The average molecular weight is 419 g/mol. The summed E-state index contributed by atoms with van der Waals surface area (Å²) in [5.74, 6) is 0. The van der Waals surface area contributed by atoms with Gasteiger partial charge in [-0.25, -0.2) is 13.6 Å². The van der Waals surface area contributed by atoms with Crippen molar-refractivity contribution >= 4 is 21.4 Å². The van der Waals surface area contributed by atoms with Gasteiger partial charge in [0.2, 0.25) is 10.0 Å². The van der Waals surface area contributed by atoms with Crippen LogP contribution in [0.3, 0.4) is 0 Å². The molecule has 28 heavy (non-hydrogen) atoms. The monoisotopic (exact) mass is 419 g/mol. The highest BCUT2D eigenvalue weighted by Gasteiger charge is 2.34. The van der Waals surface area contributed by atoms with Crippen LogP contribution in [0.25, 0.3) is 0 Å². The van der Waals surface area contributed by atoms with Crippen LogP contribution < -0.4 is 10.0 Å². The van der Waals surface area contributed by atoms with Crippen molar-refractivity contribution in [3.05, 3.63) is 46.3 Å². The topological polar surface area (TPSA) is 124 Å². The van der Waals surface area contributed by atoms with Gasteiger partial charge < -0.3 is 4.90 Å². The summed E-state index contributed by atoms with van der Waals surface area (Å²) >= 11 is 0. The molecule has 0 atom stereocenters. The number of aromatic nitrogens is 2. The molecule has 2 N–H and O–H groups in total. The summed E-state index contributed by atoms with van der Waals surface area (Å²) in [5, 5.41) is 19.8. The zero-order valence-electron chi connectivity index (χ0n) is 14.3. The quantitative estimate of drug-likeness (QED) is 0.599. The number of benzene rings is 1. The minimum atomic E-state index is -4.53. The van der Waals surface area contributed by atoms with Crippen molar-refractivity contribution in [2.75, 3.05) is 18.0 Å². The number of nitro groups is 1. The van der Waals surface area contributed by atoms with Crippen molar-refractivity contribution in [1.29, 1.82) is 0 Å². The van der Waals surface area contributed by atoms with E-state index in [1.54, 1.807) is 4.90 Å². The largest absolute Gasteiger partial charge is 0.435 e. The Bertz CT molecular complexity index is 997. The summed E-state index contributed by atoms with van der Waals surface area (Å²) in [6.07, 6.45) is -2.51. The van der Waals surface area contributed by atoms with Crippen molar-refractivity contribution < 1.29 is 26.5 Å². The standard InChI is InChI=1S/C15H16F3N5O4S/c16-15(17,18)14-5-8-22(20-14)10-3-6-21(7-4-10)12-9-11(23(24)25)1-2-13(12)28(19,26)27/h1-2,5,8-10H,3-4,6-7H2,(H2,19,26,27). The van der Waals surface area contributed by atoms with Crippen LogP contribution in [0.15, 0.2) is 35.4 Å². The molecule has 1 fully saturated rings. The molecule has 2 heterocycles. The summed E-state index contributed by atoms with van der Waals surface area (Å²) in [6.45, 7) is 0.547. The van der Waals surface area contributed by atoms with E-state index >= 15 is 0 Å². The molecule has 0 saturated carbocycles. The number of nitro benzene ring substituents is 1. The number of nitrogens with zero attached hydrogens (tertiary/aromatic N) is 4. The van der Waals surface area contributed by atoms with Gasteiger partial charge in [0.05, 0.1) is 16.7 Å². The predicted octanol–water partition coefficient (Wildman–Crippen LogP) is 2.30. The molecule has 0 spiro atoms. The Kier molecular flexibility index (Phi) is 5.06. The number of non-ortho nitro benzene ring substituents is 1. The van der Waals surface area contributed by atoms with E-state index in [0.717, 1.165) is 24.3 Å². The highest BCUT2D eigenvalue weighted by Crippen LogP contribution is 2.34. The third-order valence-corrected chi connectivity index (χ3v) is 5.50. The second kappa shape index (κ2) is 7.05. The minimum Gasteiger partial charge on any atom is -0.370 e. The Hall–Kier alpha value is -2.67. The predicted molar refractivity (Wildman–Crippen MR) is 92.2 cm³/mol. The fourth-order valence-electron chi connectivity index (χ4n) is 3.17. The SMILES string of the molecule is NS(=O)(=O)c1ccc([N+](=O)[O-])cc1N1CCC(n2ccc(C(F)(F)F)n2)CC1. The number of nitrogens with two attached hydrogens (primary N) is 1. The van der Waals surface area contributed by atoms with Crippen LogP contribution in [-0.4, -0.2) is 36.2 Å². The lowest BCUT2D eigenvalue weighted by atomic mass is 10.0. The normalized spacial score (nSPS) is 16.4. The molecule has 0 radical (unpaired) electrons. The van der Waals surface area contributed by atoms with E-state index < -0.39 is 26.8 Å². The van der Waals surface area contributed by atoms with Gasteiger partial charge in [-0.3, -0.25) is 14.8 Å². The van der Waals surface area contributed by atoms with Gasteiger partial charge in [-0.2, -0.15) is 18.3 Å². The first-order valence-electron chi connectivity index (χ1n) is 8.15. The fourth-order valence-corrected chi connectivity index (χ4v) is 3.91. The number of piperidine rings is 1. The Morgan fingerprint density at radius 3 is 2.36 bits per heavy atom. The molecule has 0 amide bonds. The molecule has 0 aliphatic carbocycles. The van der Waals surface area contributed by atoms with Crippen LogP contribution in [0.1, 0.15) is 24.6 Å². The molecule has 9 nitrogen and oxygen atoms in total. The van der Waals surface area contributed by atoms with E-state index in [0.29, 0.717) is 12.8 Å². The summed E-state index contributed by atoms with van der Waals surface area (Å²) in [6, 6.07) is 3.86. The molecular formula is C15H16F3N5O4S. The minimum absolute atomic E-state index is 0.103. The van der Waals surface area contributed by atoms with E-state index in [1.807, 2.05) is 0 Å². The Morgan fingerprint density at radius 1 is 1.21 bits per heavy atom. The number of hydrogen-bond donors (Lipinski definition) is 1. The number of primary sulfonamides is 1. The van der Waals surface area contributed by atoms with E-state index in [4.69, 9.17) is 5.14 Å². The molecule has 0 bridgehead atoms. The molecular weight excluding hydrogens is 403 g/mol. The summed E-state index contributed by atoms with van der Waals surface area (Å²) in [5.41, 5.74) is -1.16. The van der Waals surface area contributed by atoms with Gasteiger partial charge in [0.15, 0.2) is 5.69 Å². The first-order chi connectivity index (χ1) is 13.0. The van der Waals surface area contributed by atoms with Crippen LogP contribution in [0, 0.1) is 10.1 Å². The van der Waals surface area contributed by atoms with Crippen molar-refractivity contribution in [2.45, 2.75) is 30.0 Å². The lowest BCUT2D eigenvalue weighted by Gasteiger charge is -2.34. The number of alkyl halides is 3. The molecule has 3 rings (SSSR count). The third-order valence-electron chi connectivity index (χ3n) is 4.54. The molecule has 13 heteroatoms. The summed E-state index contributed by atoms with van der Waals surface area (Å²) in [7, 11) is -4.11.